The molecule has 0 aliphatic carbocycles. The molecule has 0 aromatic rings. The quantitative estimate of drug-likeness (QED) is 0.712. The second-order valence-corrected chi connectivity index (χ2v) is 5.33. The molecule has 5 nitrogen and oxygen atoms in total. The molecule has 0 aromatic heterocycles. The molecule has 1 aliphatic rings. The predicted octanol–water partition coefficient (Wildman–Crippen LogP) is 0.545. The van der Waals surface area contributed by atoms with E-state index in [9.17, 15) is 14.3 Å². The van der Waals surface area contributed by atoms with Gasteiger partial charge in [0.25, 0.3) is 0 Å². The van der Waals surface area contributed by atoms with Crippen molar-refractivity contribution in [3.8, 4) is 0 Å². The topological polar surface area (TPSA) is 70.0 Å². The van der Waals surface area contributed by atoms with Crippen molar-refractivity contribution >= 4 is 6.09 Å². The van der Waals surface area contributed by atoms with Gasteiger partial charge < -0.3 is 19.8 Å². The Labute approximate surface area is 100 Å². The van der Waals surface area contributed by atoms with E-state index in [-0.39, 0.29) is 19.7 Å². The molecule has 1 aliphatic heterocycles. The average molecular weight is 249 g/mol. The number of ether oxygens (including phenoxy) is 1. The van der Waals surface area contributed by atoms with Gasteiger partial charge >= 0.3 is 6.09 Å². The predicted molar refractivity (Wildman–Crippen MR) is 59.3 cm³/mol. The fourth-order valence-corrected chi connectivity index (χ4v) is 1.72. The van der Waals surface area contributed by atoms with E-state index in [1.54, 1.807) is 20.8 Å². The number of hydrogen-bond acceptors (Lipinski definition) is 4. The SMILES string of the molecule is CC(C)(C)OC(=O)N1CC(F)C(O)C(CO)C1. The Morgan fingerprint density at radius 2 is 2.06 bits per heavy atom. The van der Waals surface area contributed by atoms with Crippen LogP contribution in [0.25, 0.3) is 0 Å². The Kier molecular flexibility index (Phi) is 4.32. The largest absolute Gasteiger partial charge is 0.444 e. The lowest BCUT2D eigenvalue weighted by Gasteiger charge is -2.38. The molecular formula is C11H20FNO4. The summed E-state index contributed by atoms with van der Waals surface area (Å²) in [4.78, 5) is 12.9. The van der Waals surface area contributed by atoms with Crippen LogP contribution in [0.2, 0.25) is 0 Å². The molecule has 1 saturated heterocycles. The van der Waals surface area contributed by atoms with Crippen LogP contribution in [0.1, 0.15) is 20.8 Å². The van der Waals surface area contributed by atoms with Crippen LogP contribution in [0.15, 0.2) is 0 Å². The third kappa shape index (κ3) is 3.81. The van der Waals surface area contributed by atoms with Crippen molar-refractivity contribution in [3.05, 3.63) is 0 Å². The van der Waals surface area contributed by atoms with Crippen LogP contribution in [-0.4, -0.2) is 58.8 Å². The summed E-state index contributed by atoms with van der Waals surface area (Å²) in [6.07, 6.45) is -3.39. The number of carbonyl (C=O) groups excluding carboxylic acids is 1. The number of nitrogens with zero attached hydrogens (tertiary/aromatic N) is 1. The van der Waals surface area contributed by atoms with Crippen molar-refractivity contribution in [1.82, 2.24) is 4.90 Å². The number of carbonyl (C=O) groups is 1. The van der Waals surface area contributed by atoms with Crippen LogP contribution in [0.5, 0.6) is 0 Å². The molecule has 0 saturated carbocycles. The highest BCUT2D eigenvalue weighted by Crippen LogP contribution is 2.21. The number of halogens is 1. The summed E-state index contributed by atoms with van der Waals surface area (Å²) in [5, 5.41) is 18.5. The number of amides is 1. The number of alkyl halides is 1. The average Bonchev–Trinajstić information content (AvgIpc) is 2.19. The van der Waals surface area contributed by atoms with Gasteiger partial charge in [-0.3, -0.25) is 0 Å². The summed E-state index contributed by atoms with van der Waals surface area (Å²) in [7, 11) is 0. The van der Waals surface area contributed by atoms with E-state index < -0.39 is 29.9 Å². The number of likely N-dealkylation sites (tertiary alicyclic amines) is 1. The first kappa shape index (κ1) is 14.2. The molecule has 3 unspecified atom stereocenters. The zero-order chi connectivity index (χ0) is 13.2. The number of aliphatic hydroxyl groups is 2. The maximum atomic E-state index is 13.4. The molecule has 17 heavy (non-hydrogen) atoms. The van der Waals surface area contributed by atoms with E-state index in [1.807, 2.05) is 0 Å². The molecule has 1 amide bonds. The van der Waals surface area contributed by atoms with Gasteiger partial charge in [-0.05, 0) is 20.8 Å². The van der Waals surface area contributed by atoms with E-state index in [4.69, 9.17) is 9.84 Å². The summed E-state index contributed by atoms with van der Waals surface area (Å²) >= 11 is 0. The van der Waals surface area contributed by atoms with E-state index in [0.717, 1.165) is 0 Å². The van der Waals surface area contributed by atoms with Crippen LogP contribution in [-0.2, 0) is 4.74 Å². The van der Waals surface area contributed by atoms with Gasteiger partial charge in [-0.2, -0.15) is 0 Å². The van der Waals surface area contributed by atoms with E-state index in [1.165, 1.54) is 4.90 Å². The van der Waals surface area contributed by atoms with Crippen LogP contribution < -0.4 is 0 Å². The monoisotopic (exact) mass is 249 g/mol. The van der Waals surface area contributed by atoms with Crippen LogP contribution in [0, 0.1) is 5.92 Å². The first-order valence-electron chi connectivity index (χ1n) is 5.65. The minimum absolute atomic E-state index is 0.104. The minimum Gasteiger partial charge on any atom is -0.444 e. The zero-order valence-electron chi connectivity index (χ0n) is 10.4. The Balaban J connectivity index is 2.63. The van der Waals surface area contributed by atoms with Gasteiger partial charge in [0, 0.05) is 12.5 Å². The molecule has 100 valence electrons. The van der Waals surface area contributed by atoms with Crippen molar-refractivity contribution in [2.75, 3.05) is 19.7 Å². The van der Waals surface area contributed by atoms with E-state index in [0.29, 0.717) is 0 Å². The Morgan fingerprint density at radius 1 is 1.47 bits per heavy atom. The fraction of sp³-hybridized carbons (Fsp3) is 0.909. The van der Waals surface area contributed by atoms with E-state index in [2.05, 4.69) is 0 Å². The summed E-state index contributed by atoms with van der Waals surface area (Å²) in [5.74, 6) is -0.661. The highest BCUT2D eigenvalue weighted by atomic mass is 19.1. The first-order valence-corrected chi connectivity index (χ1v) is 5.65. The first-order chi connectivity index (χ1) is 7.74. The summed E-state index contributed by atoms with van der Waals surface area (Å²) in [6.45, 7) is 4.71. The van der Waals surface area contributed by atoms with Crippen molar-refractivity contribution in [3.63, 3.8) is 0 Å². The Hall–Kier alpha value is -0.880. The van der Waals surface area contributed by atoms with Crippen molar-refractivity contribution < 1.29 is 24.1 Å². The molecule has 0 aromatic carbocycles. The molecule has 0 spiro atoms. The third-order valence-corrected chi connectivity index (χ3v) is 2.59. The van der Waals surface area contributed by atoms with Gasteiger partial charge in [-0.15, -0.1) is 0 Å². The molecule has 0 bridgehead atoms. The number of aliphatic hydroxyl groups excluding tert-OH is 2. The molecular weight excluding hydrogens is 229 g/mol. The van der Waals surface area contributed by atoms with E-state index >= 15 is 0 Å². The minimum atomic E-state index is -1.55. The van der Waals surface area contributed by atoms with Gasteiger partial charge in [-0.25, -0.2) is 9.18 Å². The second kappa shape index (κ2) is 5.18. The van der Waals surface area contributed by atoms with Gasteiger partial charge in [0.15, 0.2) is 0 Å². The van der Waals surface area contributed by atoms with Crippen LogP contribution in [0.3, 0.4) is 0 Å². The normalized spacial score (nSPS) is 30.2. The molecule has 1 fully saturated rings. The smallest absolute Gasteiger partial charge is 0.410 e. The molecule has 0 radical (unpaired) electrons. The van der Waals surface area contributed by atoms with Crippen LogP contribution >= 0.6 is 0 Å². The lowest BCUT2D eigenvalue weighted by molar-refractivity contribution is -0.0593. The van der Waals surface area contributed by atoms with Crippen molar-refractivity contribution in [2.45, 2.75) is 38.6 Å². The molecule has 3 atom stereocenters. The van der Waals surface area contributed by atoms with Gasteiger partial charge in [0.05, 0.1) is 19.3 Å². The number of hydrogen-bond donors (Lipinski definition) is 2. The highest BCUT2D eigenvalue weighted by Gasteiger charge is 2.38. The molecule has 6 heteroatoms. The zero-order valence-corrected chi connectivity index (χ0v) is 10.4. The molecule has 1 heterocycles. The van der Waals surface area contributed by atoms with Gasteiger partial charge in [0.1, 0.15) is 11.8 Å². The second-order valence-electron chi connectivity index (χ2n) is 5.33. The maximum absolute atomic E-state index is 13.4. The summed E-state index contributed by atoms with van der Waals surface area (Å²) in [6, 6.07) is 0. The number of rotatable bonds is 1. The van der Waals surface area contributed by atoms with Gasteiger partial charge in [-0.1, -0.05) is 0 Å². The Bertz CT molecular complexity index is 279. The summed E-state index contributed by atoms with van der Waals surface area (Å²) in [5.41, 5.74) is -0.645. The highest BCUT2D eigenvalue weighted by molar-refractivity contribution is 5.68. The van der Waals surface area contributed by atoms with Crippen molar-refractivity contribution in [2.24, 2.45) is 5.92 Å². The van der Waals surface area contributed by atoms with Crippen LogP contribution in [0.4, 0.5) is 9.18 Å². The lowest BCUT2D eigenvalue weighted by Crippen LogP contribution is -2.54. The molecule has 1 rings (SSSR count). The molecule has 2 N–H and O–H groups in total. The standard InChI is InChI=1S/C11H20FNO4/c1-11(2,3)17-10(16)13-4-7(6-14)9(15)8(12)5-13/h7-9,14-15H,4-6H2,1-3H3. The third-order valence-electron chi connectivity index (χ3n) is 2.59. The Morgan fingerprint density at radius 3 is 2.53 bits per heavy atom. The number of piperidine rings is 1. The van der Waals surface area contributed by atoms with Crippen molar-refractivity contribution in [1.29, 1.82) is 0 Å². The fourth-order valence-electron chi connectivity index (χ4n) is 1.72. The summed E-state index contributed by atoms with van der Waals surface area (Å²) < 4.78 is 18.6. The maximum Gasteiger partial charge on any atom is 0.410 e. The van der Waals surface area contributed by atoms with Gasteiger partial charge in [0.2, 0.25) is 0 Å². The lowest BCUT2D eigenvalue weighted by atomic mass is 9.94.